The highest BCUT2D eigenvalue weighted by molar-refractivity contribution is 5.86. The number of carbonyl (C=O) groups excluding carboxylic acids is 1. The van der Waals surface area contributed by atoms with E-state index in [0.29, 0.717) is 6.42 Å². The lowest BCUT2D eigenvalue weighted by atomic mass is 9.77. The summed E-state index contributed by atoms with van der Waals surface area (Å²) in [5.41, 5.74) is 5.73. The number of Topliss-reactive ketones (excluding diaryl/α,β-unsaturated/α-hetero) is 1. The zero-order valence-electron chi connectivity index (χ0n) is 9.54. The molecule has 15 heavy (non-hydrogen) atoms. The van der Waals surface area contributed by atoms with E-state index in [1.807, 2.05) is 0 Å². The molecule has 1 unspecified atom stereocenters. The van der Waals surface area contributed by atoms with Crippen LogP contribution >= 0.6 is 0 Å². The van der Waals surface area contributed by atoms with Gasteiger partial charge in [0.25, 0.3) is 0 Å². The molecule has 1 saturated carbocycles. The molecular weight excluding hydrogens is 186 g/mol. The molecule has 1 atom stereocenters. The molecule has 2 heteroatoms. The van der Waals surface area contributed by atoms with Gasteiger partial charge in [-0.25, -0.2) is 0 Å². The monoisotopic (exact) mass is 207 g/mol. The number of carbonyl (C=O) groups is 1. The van der Waals surface area contributed by atoms with E-state index in [-0.39, 0.29) is 11.7 Å². The van der Waals surface area contributed by atoms with Crippen molar-refractivity contribution in [3.8, 4) is 12.3 Å². The number of rotatable bonds is 4. The predicted molar refractivity (Wildman–Crippen MR) is 62.2 cm³/mol. The second kappa shape index (κ2) is 5.92. The zero-order valence-corrected chi connectivity index (χ0v) is 9.54. The van der Waals surface area contributed by atoms with Crippen LogP contribution in [0.2, 0.25) is 0 Å². The molecule has 0 aromatic heterocycles. The fourth-order valence-corrected chi connectivity index (χ4v) is 2.39. The van der Waals surface area contributed by atoms with Gasteiger partial charge in [-0.2, -0.15) is 0 Å². The molecule has 0 spiro atoms. The quantitative estimate of drug-likeness (QED) is 0.718. The third-order valence-corrected chi connectivity index (χ3v) is 3.53. The van der Waals surface area contributed by atoms with E-state index in [9.17, 15) is 4.79 Å². The summed E-state index contributed by atoms with van der Waals surface area (Å²) in [5.74, 6) is 3.64. The molecule has 2 N–H and O–H groups in total. The smallest absolute Gasteiger partial charge is 0.153 e. The minimum absolute atomic E-state index is 0.177. The first-order chi connectivity index (χ1) is 7.19. The van der Waals surface area contributed by atoms with Gasteiger partial charge in [0.2, 0.25) is 0 Å². The summed E-state index contributed by atoms with van der Waals surface area (Å²) in [5, 5.41) is 0. The van der Waals surface area contributed by atoms with Gasteiger partial charge in [0.05, 0.1) is 6.04 Å². The van der Waals surface area contributed by atoms with Gasteiger partial charge in [0.15, 0.2) is 5.78 Å². The Morgan fingerprint density at radius 2 is 2.07 bits per heavy atom. The van der Waals surface area contributed by atoms with Gasteiger partial charge in [0, 0.05) is 12.3 Å². The number of ketones is 1. The summed E-state index contributed by atoms with van der Waals surface area (Å²) in [6, 6.07) is -0.432. The lowest BCUT2D eigenvalue weighted by Crippen LogP contribution is -2.36. The van der Waals surface area contributed by atoms with Gasteiger partial charge < -0.3 is 5.73 Å². The molecule has 2 nitrogen and oxygen atoms in total. The van der Waals surface area contributed by atoms with E-state index >= 15 is 0 Å². The molecule has 0 heterocycles. The summed E-state index contributed by atoms with van der Waals surface area (Å²) in [4.78, 5) is 11.9. The van der Waals surface area contributed by atoms with Crippen molar-refractivity contribution in [3.05, 3.63) is 0 Å². The molecule has 0 saturated heterocycles. The van der Waals surface area contributed by atoms with Gasteiger partial charge >= 0.3 is 0 Å². The molecule has 1 aliphatic carbocycles. The Hall–Kier alpha value is -0.810. The van der Waals surface area contributed by atoms with Crippen LogP contribution in [0.25, 0.3) is 0 Å². The van der Waals surface area contributed by atoms with Gasteiger partial charge in [0.1, 0.15) is 0 Å². The molecule has 0 bridgehead atoms. The van der Waals surface area contributed by atoms with Crippen molar-refractivity contribution < 1.29 is 4.79 Å². The normalized spacial score (nSPS) is 28.1. The average molecular weight is 207 g/mol. The predicted octanol–water partition coefficient (Wildman–Crippen LogP) is 2.12. The molecule has 0 aromatic carbocycles. The van der Waals surface area contributed by atoms with Crippen molar-refractivity contribution in [1.82, 2.24) is 0 Å². The van der Waals surface area contributed by atoms with Crippen molar-refractivity contribution in [2.45, 2.75) is 51.5 Å². The molecular formula is C13H21NO. The number of nitrogens with two attached hydrogens (primary N) is 1. The Labute approximate surface area is 92.6 Å². The summed E-state index contributed by atoms with van der Waals surface area (Å²) in [7, 11) is 0. The summed E-state index contributed by atoms with van der Waals surface area (Å²) < 4.78 is 0. The molecule has 1 rings (SSSR count). The summed E-state index contributed by atoms with van der Waals surface area (Å²) >= 11 is 0. The first-order valence-electron chi connectivity index (χ1n) is 5.91. The van der Waals surface area contributed by atoms with Gasteiger partial charge in [-0.3, -0.25) is 4.79 Å². The van der Waals surface area contributed by atoms with Crippen LogP contribution in [-0.2, 0) is 4.79 Å². The molecule has 1 aliphatic rings. The zero-order chi connectivity index (χ0) is 11.3. The standard InChI is InChI=1S/C13H21NO/c1-3-5-12(14)13(15)11-8-6-10(4-2)7-9-11/h1,10-12H,4-9,14H2,2H3. The van der Waals surface area contributed by atoms with Crippen molar-refractivity contribution >= 4 is 5.78 Å². The Kier molecular flexibility index (Phi) is 4.84. The van der Waals surface area contributed by atoms with Crippen LogP contribution in [0.15, 0.2) is 0 Å². The molecule has 0 amide bonds. The van der Waals surface area contributed by atoms with Crippen molar-refractivity contribution in [2.75, 3.05) is 0 Å². The third kappa shape index (κ3) is 3.35. The van der Waals surface area contributed by atoms with Crippen LogP contribution in [0.1, 0.15) is 45.4 Å². The lowest BCUT2D eigenvalue weighted by Gasteiger charge is -2.28. The second-order valence-corrected chi connectivity index (χ2v) is 4.54. The largest absolute Gasteiger partial charge is 0.321 e. The van der Waals surface area contributed by atoms with Gasteiger partial charge in [-0.1, -0.05) is 13.3 Å². The molecule has 0 radical (unpaired) electrons. The van der Waals surface area contributed by atoms with Crippen LogP contribution in [-0.4, -0.2) is 11.8 Å². The van der Waals surface area contributed by atoms with Gasteiger partial charge in [-0.15, -0.1) is 12.3 Å². The van der Waals surface area contributed by atoms with E-state index in [2.05, 4.69) is 12.8 Å². The average Bonchev–Trinajstić information content (AvgIpc) is 2.28. The molecule has 84 valence electrons. The Morgan fingerprint density at radius 3 is 2.53 bits per heavy atom. The van der Waals surface area contributed by atoms with Crippen LogP contribution in [0, 0.1) is 24.2 Å². The van der Waals surface area contributed by atoms with E-state index < -0.39 is 6.04 Å². The van der Waals surface area contributed by atoms with Gasteiger partial charge in [-0.05, 0) is 31.6 Å². The SMILES string of the molecule is C#CCC(N)C(=O)C1CCC(CC)CC1. The minimum Gasteiger partial charge on any atom is -0.321 e. The maximum atomic E-state index is 11.9. The summed E-state index contributed by atoms with van der Waals surface area (Å²) in [6.07, 6.45) is 11.1. The first kappa shape index (κ1) is 12.3. The van der Waals surface area contributed by atoms with Crippen molar-refractivity contribution in [2.24, 2.45) is 17.6 Å². The maximum Gasteiger partial charge on any atom is 0.153 e. The van der Waals surface area contributed by atoms with E-state index in [1.165, 1.54) is 19.3 Å². The second-order valence-electron chi connectivity index (χ2n) is 4.54. The minimum atomic E-state index is -0.432. The highest BCUT2D eigenvalue weighted by Gasteiger charge is 2.28. The third-order valence-electron chi connectivity index (χ3n) is 3.53. The fourth-order valence-electron chi connectivity index (χ4n) is 2.39. The fraction of sp³-hybridized carbons (Fsp3) is 0.769. The first-order valence-corrected chi connectivity index (χ1v) is 5.91. The number of terminal acetylenes is 1. The molecule has 1 fully saturated rings. The molecule has 0 aliphatic heterocycles. The van der Waals surface area contributed by atoms with E-state index in [1.54, 1.807) is 0 Å². The molecule has 0 aromatic rings. The lowest BCUT2D eigenvalue weighted by molar-refractivity contribution is -0.125. The van der Waals surface area contributed by atoms with Crippen molar-refractivity contribution in [3.63, 3.8) is 0 Å². The van der Waals surface area contributed by atoms with Crippen LogP contribution in [0.3, 0.4) is 0 Å². The Balaban J connectivity index is 2.40. The number of hydrogen-bond acceptors (Lipinski definition) is 2. The summed E-state index contributed by atoms with van der Waals surface area (Å²) in [6.45, 7) is 2.22. The highest BCUT2D eigenvalue weighted by atomic mass is 16.1. The Bertz CT molecular complexity index is 246. The number of hydrogen-bond donors (Lipinski definition) is 1. The van der Waals surface area contributed by atoms with Crippen LogP contribution < -0.4 is 5.73 Å². The van der Waals surface area contributed by atoms with E-state index in [4.69, 9.17) is 12.2 Å². The Morgan fingerprint density at radius 1 is 1.47 bits per heavy atom. The van der Waals surface area contributed by atoms with E-state index in [0.717, 1.165) is 18.8 Å². The highest BCUT2D eigenvalue weighted by Crippen LogP contribution is 2.31. The van der Waals surface area contributed by atoms with Crippen molar-refractivity contribution in [1.29, 1.82) is 0 Å². The van der Waals surface area contributed by atoms with Crippen LogP contribution in [0.4, 0.5) is 0 Å². The van der Waals surface area contributed by atoms with Crippen LogP contribution in [0.5, 0.6) is 0 Å². The topological polar surface area (TPSA) is 43.1 Å². The maximum absolute atomic E-state index is 11.9.